The lowest BCUT2D eigenvalue weighted by atomic mass is 10.3. The molecule has 3 aromatic heterocycles. The minimum atomic E-state index is -0.469. The molecule has 0 radical (unpaired) electrons. The van der Waals surface area contributed by atoms with Crippen LogP contribution in [0.15, 0.2) is 51.6 Å². The van der Waals surface area contributed by atoms with E-state index in [0.29, 0.717) is 27.6 Å². The maximum atomic E-state index is 10.8. The molecular weight excluding hydrogens is 410 g/mol. The van der Waals surface area contributed by atoms with Gasteiger partial charge in [0, 0.05) is 29.1 Å². The maximum Gasteiger partial charge on any atom is 0.270 e. The fourth-order valence-electron chi connectivity index (χ4n) is 2.20. The molecule has 0 bridgehead atoms. The topological polar surface area (TPSA) is 95.5 Å². The van der Waals surface area contributed by atoms with Crippen molar-refractivity contribution in [3.05, 3.63) is 61.7 Å². The van der Waals surface area contributed by atoms with E-state index in [-0.39, 0.29) is 5.69 Å². The number of hydrogen-bond acceptors (Lipinski definition) is 7. The van der Waals surface area contributed by atoms with Gasteiger partial charge in [0.05, 0.1) is 9.40 Å². The number of nitro benzene ring substituents is 1. The van der Waals surface area contributed by atoms with Crippen LogP contribution in [0.1, 0.15) is 0 Å². The summed E-state index contributed by atoms with van der Waals surface area (Å²) in [7, 11) is 0. The van der Waals surface area contributed by atoms with E-state index in [0.717, 1.165) is 5.56 Å². The number of ether oxygens (including phenoxy) is 1. The van der Waals surface area contributed by atoms with Crippen LogP contribution in [-0.2, 0) is 0 Å². The van der Waals surface area contributed by atoms with Crippen molar-refractivity contribution in [1.29, 1.82) is 0 Å². The third-order valence-corrected chi connectivity index (χ3v) is 4.66. The second-order valence-electron chi connectivity index (χ2n) is 4.95. The Morgan fingerprint density at radius 1 is 1.20 bits per heavy atom. The molecule has 0 aliphatic rings. The van der Waals surface area contributed by atoms with Crippen LogP contribution in [-0.4, -0.2) is 24.7 Å². The number of fused-ring (bicyclic) bond motifs is 1. The molecule has 0 saturated heterocycles. The van der Waals surface area contributed by atoms with Crippen LogP contribution in [0.3, 0.4) is 0 Å². The molecule has 4 rings (SSSR count). The fourth-order valence-corrected chi connectivity index (χ4v) is 3.28. The minimum Gasteiger partial charge on any atom is -0.436 e. The van der Waals surface area contributed by atoms with Crippen molar-refractivity contribution in [2.75, 3.05) is 0 Å². The van der Waals surface area contributed by atoms with Crippen molar-refractivity contribution in [3.8, 4) is 23.0 Å². The molecule has 0 atom stereocenters. The summed E-state index contributed by atoms with van der Waals surface area (Å²) in [5.74, 6) is 1.35. The van der Waals surface area contributed by atoms with Gasteiger partial charge in [-0.1, -0.05) is 0 Å². The molecule has 4 aromatic rings. The number of thiophene rings is 1. The molecule has 0 N–H and O–H groups in total. The first-order valence-corrected chi connectivity index (χ1v) is 8.72. The van der Waals surface area contributed by atoms with Crippen LogP contribution in [0.2, 0.25) is 0 Å². The van der Waals surface area contributed by atoms with Crippen molar-refractivity contribution in [2.24, 2.45) is 0 Å². The Labute approximate surface area is 153 Å². The molecule has 0 aliphatic carbocycles. The van der Waals surface area contributed by atoms with Gasteiger partial charge in [0.15, 0.2) is 11.5 Å². The number of benzene rings is 1. The molecule has 1 aromatic carbocycles. The molecule has 0 fully saturated rings. The molecule has 0 aliphatic heterocycles. The van der Waals surface area contributed by atoms with Gasteiger partial charge in [-0.05, 0) is 39.5 Å². The first kappa shape index (κ1) is 15.7. The van der Waals surface area contributed by atoms with Gasteiger partial charge in [-0.2, -0.15) is 15.9 Å². The molecule has 25 heavy (non-hydrogen) atoms. The van der Waals surface area contributed by atoms with Crippen molar-refractivity contribution in [2.45, 2.75) is 0 Å². The number of nitrogens with zero attached hydrogens (tertiary/aromatic N) is 5. The molecule has 124 valence electrons. The van der Waals surface area contributed by atoms with Crippen molar-refractivity contribution in [3.63, 3.8) is 0 Å². The minimum absolute atomic E-state index is 0.0267. The highest BCUT2D eigenvalue weighted by molar-refractivity contribution is 9.10. The second-order valence-corrected chi connectivity index (χ2v) is 6.59. The van der Waals surface area contributed by atoms with Gasteiger partial charge in [0.2, 0.25) is 5.88 Å². The Morgan fingerprint density at radius 2 is 2.08 bits per heavy atom. The van der Waals surface area contributed by atoms with Crippen LogP contribution in [0.5, 0.6) is 11.6 Å². The zero-order valence-corrected chi connectivity index (χ0v) is 14.8. The normalized spacial score (nSPS) is 10.9. The van der Waals surface area contributed by atoms with E-state index in [9.17, 15) is 10.1 Å². The fraction of sp³-hybridized carbons (Fsp3) is 0. The van der Waals surface area contributed by atoms with E-state index < -0.39 is 4.92 Å². The lowest BCUT2D eigenvalue weighted by molar-refractivity contribution is -0.384. The van der Waals surface area contributed by atoms with Crippen LogP contribution in [0.4, 0.5) is 5.69 Å². The summed E-state index contributed by atoms with van der Waals surface area (Å²) in [5.41, 5.74) is 1.48. The van der Waals surface area contributed by atoms with Gasteiger partial charge in [0.1, 0.15) is 5.75 Å². The quantitative estimate of drug-likeness (QED) is 0.362. The largest absolute Gasteiger partial charge is 0.436 e. The maximum absolute atomic E-state index is 10.8. The van der Waals surface area contributed by atoms with Gasteiger partial charge in [-0.25, -0.2) is 0 Å². The van der Waals surface area contributed by atoms with E-state index >= 15 is 0 Å². The highest BCUT2D eigenvalue weighted by Gasteiger charge is 2.14. The van der Waals surface area contributed by atoms with Crippen molar-refractivity contribution in [1.82, 2.24) is 19.8 Å². The monoisotopic (exact) mass is 417 g/mol. The third kappa shape index (κ3) is 2.96. The van der Waals surface area contributed by atoms with Crippen molar-refractivity contribution < 1.29 is 9.66 Å². The van der Waals surface area contributed by atoms with Gasteiger partial charge in [-0.15, -0.1) is 15.3 Å². The van der Waals surface area contributed by atoms with Gasteiger partial charge >= 0.3 is 0 Å². The molecular formula is C15H8BrN5O3S. The van der Waals surface area contributed by atoms with Crippen LogP contribution in [0, 0.1) is 10.1 Å². The zero-order chi connectivity index (χ0) is 17.4. The van der Waals surface area contributed by atoms with E-state index in [2.05, 4.69) is 31.2 Å². The average Bonchev–Trinajstić information content (AvgIpc) is 3.25. The van der Waals surface area contributed by atoms with Gasteiger partial charge in [0.25, 0.3) is 5.69 Å². The predicted octanol–water partition coefficient (Wildman–Crippen LogP) is 4.32. The second kappa shape index (κ2) is 6.22. The predicted molar refractivity (Wildman–Crippen MR) is 95.0 cm³/mol. The average molecular weight is 418 g/mol. The van der Waals surface area contributed by atoms with Crippen LogP contribution >= 0.6 is 27.3 Å². The zero-order valence-electron chi connectivity index (χ0n) is 12.4. The molecule has 0 spiro atoms. The van der Waals surface area contributed by atoms with Crippen LogP contribution in [0.25, 0.3) is 17.0 Å². The van der Waals surface area contributed by atoms with E-state index in [1.54, 1.807) is 28.0 Å². The Balaban J connectivity index is 1.70. The molecule has 3 heterocycles. The Morgan fingerprint density at radius 3 is 2.80 bits per heavy atom. The summed E-state index contributed by atoms with van der Waals surface area (Å²) in [6.07, 6.45) is 0. The number of rotatable bonds is 4. The Kier molecular flexibility index (Phi) is 3.90. The summed E-state index contributed by atoms with van der Waals surface area (Å²) in [6.45, 7) is 0. The number of non-ortho nitro benzene ring substituents is 1. The first-order valence-electron chi connectivity index (χ1n) is 6.98. The number of halogens is 1. The number of hydrogen-bond donors (Lipinski definition) is 0. The molecule has 0 saturated carbocycles. The van der Waals surface area contributed by atoms with E-state index in [4.69, 9.17) is 4.74 Å². The van der Waals surface area contributed by atoms with Crippen LogP contribution < -0.4 is 4.74 Å². The van der Waals surface area contributed by atoms with Gasteiger partial charge < -0.3 is 4.74 Å². The Hall–Kier alpha value is -2.85. The van der Waals surface area contributed by atoms with Gasteiger partial charge in [-0.3, -0.25) is 10.1 Å². The molecule has 0 amide bonds. The summed E-state index contributed by atoms with van der Waals surface area (Å²) >= 11 is 4.83. The lowest BCUT2D eigenvalue weighted by Gasteiger charge is -2.07. The smallest absolute Gasteiger partial charge is 0.270 e. The third-order valence-electron chi connectivity index (χ3n) is 3.36. The highest BCUT2D eigenvalue weighted by atomic mass is 79.9. The first-order chi connectivity index (χ1) is 12.1. The molecule has 8 nitrogen and oxygen atoms in total. The number of nitro groups is 1. The lowest BCUT2D eigenvalue weighted by Crippen LogP contribution is -1.98. The standard InChI is InChI=1S/C15H8BrN5O3S/c16-11-7-10(21(22)23)1-2-12(11)24-14-4-3-13-17-18-15(20(13)19-14)9-5-6-25-8-9/h1-8H. The molecule has 10 heteroatoms. The summed E-state index contributed by atoms with van der Waals surface area (Å²) in [5, 5.41) is 27.4. The number of aromatic nitrogens is 4. The van der Waals surface area contributed by atoms with E-state index in [1.165, 1.54) is 18.2 Å². The highest BCUT2D eigenvalue weighted by Crippen LogP contribution is 2.32. The summed E-state index contributed by atoms with van der Waals surface area (Å²) in [6, 6.07) is 9.60. The molecule has 0 unspecified atom stereocenters. The van der Waals surface area contributed by atoms with E-state index in [1.807, 2.05) is 16.8 Å². The van der Waals surface area contributed by atoms with Crippen molar-refractivity contribution >= 4 is 38.6 Å². The summed E-state index contributed by atoms with van der Waals surface area (Å²) < 4.78 is 7.80. The Bertz CT molecular complexity index is 1080. The SMILES string of the molecule is O=[N+]([O-])c1ccc(Oc2ccc3nnc(-c4ccsc4)n3n2)c(Br)c1. The summed E-state index contributed by atoms with van der Waals surface area (Å²) in [4.78, 5) is 10.3.